The van der Waals surface area contributed by atoms with Gasteiger partial charge in [-0.1, -0.05) is 12.1 Å². The Kier molecular flexibility index (Phi) is 5.77. The van der Waals surface area contributed by atoms with Gasteiger partial charge in [0.15, 0.2) is 0 Å². The van der Waals surface area contributed by atoms with Crippen molar-refractivity contribution in [2.45, 2.75) is 57.5 Å². The van der Waals surface area contributed by atoms with Crippen LogP contribution in [0.3, 0.4) is 0 Å². The molecule has 10 nitrogen and oxygen atoms in total. The van der Waals surface area contributed by atoms with Crippen molar-refractivity contribution in [2.75, 3.05) is 18.0 Å². The number of aromatic nitrogens is 4. The molecular formula is C29H29N9O. The van der Waals surface area contributed by atoms with Crippen molar-refractivity contribution < 1.29 is 4.79 Å². The number of nitriles is 3. The van der Waals surface area contributed by atoms with Crippen molar-refractivity contribution in [2.24, 2.45) is 18.4 Å². The van der Waals surface area contributed by atoms with Gasteiger partial charge in [0.1, 0.15) is 29.3 Å². The Morgan fingerprint density at radius 2 is 1.90 bits per heavy atom. The highest BCUT2D eigenvalue weighted by molar-refractivity contribution is 6.01. The van der Waals surface area contributed by atoms with Gasteiger partial charge in [0.2, 0.25) is 5.91 Å². The van der Waals surface area contributed by atoms with Crippen molar-refractivity contribution in [3.8, 4) is 29.5 Å². The molecule has 39 heavy (non-hydrogen) atoms. The second-order valence-corrected chi connectivity index (χ2v) is 11.2. The Balaban J connectivity index is 1.43. The molecule has 3 aromatic rings. The molecule has 1 amide bonds. The number of anilines is 1. The lowest BCUT2D eigenvalue weighted by atomic mass is 9.68. The molecule has 3 aliphatic rings. The zero-order valence-electron chi connectivity index (χ0n) is 22.3. The maximum Gasteiger partial charge on any atom is 0.243 e. The maximum atomic E-state index is 13.4. The molecule has 4 atom stereocenters. The number of fused-ring (bicyclic) bond motifs is 1. The van der Waals surface area contributed by atoms with Crippen molar-refractivity contribution in [1.82, 2.24) is 24.6 Å². The fraction of sp³-hybridized carbons (Fsp3) is 0.483. The Morgan fingerprint density at radius 3 is 2.51 bits per heavy atom. The zero-order chi connectivity index (χ0) is 27.5. The molecule has 0 N–H and O–H groups in total. The third-order valence-electron chi connectivity index (χ3n) is 8.78. The van der Waals surface area contributed by atoms with E-state index >= 15 is 0 Å². The summed E-state index contributed by atoms with van der Waals surface area (Å²) in [6, 6.07) is 12.5. The highest BCUT2D eigenvalue weighted by Gasteiger charge is 2.49. The highest BCUT2D eigenvalue weighted by Crippen LogP contribution is 2.51. The number of rotatable bonds is 4. The summed E-state index contributed by atoms with van der Waals surface area (Å²) in [5, 5.41) is 34.3. The lowest BCUT2D eigenvalue weighted by Crippen LogP contribution is -2.61. The van der Waals surface area contributed by atoms with E-state index in [1.54, 1.807) is 24.1 Å². The minimum absolute atomic E-state index is 0.0392. The Morgan fingerprint density at radius 1 is 1.10 bits per heavy atom. The third kappa shape index (κ3) is 3.81. The predicted octanol–water partition coefficient (Wildman–Crippen LogP) is 3.65. The lowest BCUT2D eigenvalue weighted by Gasteiger charge is -2.48. The summed E-state index contributed by atoms with van der Waals surface area (Å²) in [4.78, 5) is 27.0. The second-order valence-electron chi connectivity index (χ2n) is 11.2. The van der Waals surface area contributed by atoms with Gasteiger partial charge in [0.05, 0.1) is 29.3 Å². The van der Waals surface area contributed by atoms with E-state index in [-0.39, 0.29) is 29.8 Å². The first kappa shape index (κ1) is 24.8. The average molecular weight is 520 g/mol. The van der Waals surface area contributed by atoms with Crippen LogP contribution in [0, 0.1) is 45.3 Å². The van der Waals surface area contributed by atoms with Crippen LogP contribution in [0.15, 0.2) is 24.5 Å². The minimum Gasteiger partial charge on any atom is -0.349 e. The van der Waals surface area contributed by atoms with Gasteiger partial charge in [0, 0.05) is 55.2 Å². The summed E-state index contributed by atoms with van der Waals surface area (Å²) < 4.78 is 1.56. The number of piperazine rings is 1. The Labute approximate surface area is 227 Å². The van der Waals surface area contributed by atoms with Crippen molar-refractivity contribution in [3.05, 3.63) is 35.8 Å². The van der Waals surface area contributed by atoms with E-state index in [0.717, 1.165) is 40.7 Å². The maximum absolute atomic E-state index is 13.4. The molecule has 3 heterocycles. The first-order valence-electron chi connectivity index (χ1n) is 13.4. The topological polar surface area (TPSA) is 139 Å². The SMILES string of the molecule is C[C@@H]1CN(c2ncnc3c(-c4cc(C#N)n(C)n4)ccc([C@@H]4C[C@H]4C#N)c23)[C@@H](C)CN1C(=O)C1(C#N)CCC1. The Bertz CT molecular complexity index is 1620. The molecule has 6 rings (SSSR count). The molecule has 0 bridgehead atoms. The van der Waals surface area contributed by atoms with E-state index in [1.807, 2.05) is 17.9 Å². The molecule has 3 fully saturated rings. The van der Waals surface area contributed by atoms with Crippen LogP contribution in [-0.2, 0) is 11.8 Å². The number of nitrogens with zero attached hydrogens (tertiary/aromatic N) is 9. The molecule has 10 heteroatoms. The van der Waals surface area contributed by atoms with Gasteiger partial charge in [-0.3, -0.25) is 9.48 Å². The fourth-order valence-corrected chi connectivity index (χ4v) is 6.18. The van der Waals surface area contributed by atoms with E-state index in [4.69, 9.17) is 9.97 Å². The molecule has 2 aromatic heterocycles. The van der Waals surface area contributed by atoms with Crippen molar-refractivity contribution in [3.63, 3.8) is 0 Å². The van der Waals surface area contributed by atoms with Crippen LogP contribution in [0.2, 0.25) is 0 Å². The molecule has 1 aromatic carbocycles. The highest BCUT2D eigenvalue weighted by atomic mass is 16.2. The number of carbonyl (C=O) groups is 1. The van der Waals surface area contributed by atoms with Gasteiger partial charge >= 0.3 is 0 Å². The minimum atomic E-state index is -0.872. The van der Waals surface area contributed by atoms with Gasteiger partial charge in [-0.15, -0.1) is 0 Å². The van der Waals surface area contributed by atoms with E-state index in [1.165, 1.54) is 0 Å². The average Bonchev–Trinajstić information content (AvgIpc) is 3.61. The van der Waals surface area contributed by atoms with Crippen LogP contribution in [0.25, 0.3) is 22.2 Å². The summed E-state index contributed by atoms with van der Waals surface area (Å²) in [5.74, 6) is 0.799. The van der Waals surface area contributed by atoms with E-state index in [2.05, 4.69) is 41.2 Å². The first-order valence-corrected chi connectivity index (χ1v) is 13.4. The fourth-order valence-electron chi connectivity index (χ4n) is 6.18. The van der Waals surface area contributed by atoms with Gasteiger partial charge < -0.3 is 9.80 Å². The lowest BCUT2D eigenvalue weighted by molar-refractivity contribution is -0.146. The predicted molar refractivity (Wildman–Crippen MR) is 143 cm³/mol. The van der Waals surface area contributed by atoms with Crippen molar-refractivity contribution in [1.29, 1.82) is 15.8 Å². The molecule has 2 saturated carbocycles. The number of aryl methyl sites for hydroxylation is 1. The standard InChI is InChI=1S/C29H29N9O/c1-17-14-38(28(39)29(15-32)7-4-8-29)18(2)13-37(17)27-25-21(23-9-19(23)11-30)5-6-22(26(25)33-16-34-27)24-10-20(12-31)36(3)35-24/h5-6,10,16-19,23H,4,7-9,13-14H2,1-3H3/t17-,18+,19-,23+/m0/s1. The van der Waals surface area contributed by atoms with Crippen LogP contribution < -0.4 is 4.90 Å². The third-order valence-corrected chi connectivity index (χ3v) is 8.78. The number of carbonyl (C=O) groups excluding carboxylic acids is 1. The van der Waals surface area contributed by atoms with Gasteiger partial charge in [0.25, 0.3) is 0 Å². The van der Waals surface area contributed by atoms with Gasteiger partial charge in [-0.05, 0) is 45.1 Å². The number of hydrogen-bond donors (Lipinski definition) is 0. The summed E-state index contributed by atoms with van der Waals surface area (Å²) >= 11 is 0. The zero-order valence-corrected chi connectivity index (χ0v) is 22.3. The van der Waals surface area contributed by atoms with E-state index in [9.17, 15) is 20.6 Å². The summed E-state index contributed by atoms with van der Waals surface area (Å²) in [6.07, 6.45) is 4.54. The molecule has 0 spiro atoms. The molecule has 1 aliphatic heterocycles. The van der Waals surface area contributed by atoms with E-state index < -0.39 is 5.41 Å². The quantitative estimate of drug-likeness (QED) is 0.509. The molecular weight excluding hydrogens is 490 g/mol. The molecule has 1 saturated heterocycles. The summed E-state index contributed by atoms with van der Waals surface area (Å²) in [5.41, 5.74) is 2.82. The van der Waals surface area contributed by atoms with Crippen molar-refractivity contribution >= 4 is 22.6 Å². The van der Waals surface area contributed by atoms with E-state index in [0.29, 0.717) is 37.3 Å². The van der Waals surface area contributed by atoms with Gasteiger partial charge in [-0.25, -0.2) is 9.97 Å². The number of amides is 1. The van der Waals surface area contributed by atoms with Gasteiger partial charge in [-0.2, -0.15) is 20.9 Å². The van der Waals surface area contributed by atoms with Crippen LogP contribution >= 0.6 is 0 Å². The normalized spacial score (nSPS) is 25.3. The Hall–Kier alpha value is -4.49. The molecule has 196 valence electrons. The first-order chi connectivity index (χ1) is 18.8. The number of hydrogen-bond acceptors (Lipinski definition) is 8. The summed E-state index contributed by atoms with van der Waals surface area (Å²) in [7, 11) is 1.74. The van der Waals surface area contributed by atoms with Crippen LogP contribution in [0.1, 0.15) is 56.7 Å². The number of benzene rings is 1. The summed E-state index contributed by atoms with van der Waals surface area (Å²) in [6.45, 7) is 5.18. The van der Waals surface area contributed by atoms with Crippen LogP contribution in [-0.4, -0.2) is 55.7 Å². The smallest absolute Gasteiger partial charge is 0.243 e. The second kappa shape index (κ2) is 9.06. The molecule has 0 radical (unpaired) electrons. The van der Waals surface area contributed by atoms with Crippen LogP contribution in [0.5, 0.6) is 0 Å². The monoisotopic (exact) mass is 519 g/mol. The molecule has 0 unspecified atom stereocenters. The van der Waals surface area contributed by atoms with Crippen LogP contribution in [0.4, 0.5) is 5.82 Å². The molecule has 2 aliphatic carbocycles. The largest absolute Gasteiger partial charge is 0.349 e.